The quantitative estimate of drug-likeness (QED) is 0.474. The molecule has 14 heteroatoms. The van der Waals surface area contributed by atoms with Crippen molar-refractivity contribution in [3.63, 3.8) is 0 Å². The monoisotopic (exact) mass is 521 g/mol. The summed E-state index contributed by atoms with van der Waals surface area (Å²) in [4.78, 5) is 28.6. The van der Waals surface area contributed by atoms with Gasteiger partial charge in [0.1, 0.15) is 5.76 Å². The van der Waals surface area contributed by atoms with Crippen molar-refractivity contribution in [1.29, 1.82) is 10.7 Å². The van der Waals surface area contributed by atoms with Crippen LogP contribution in [0.15, 0.2) is 51.1 Å². The summed E-state index contributed by atoms with van der Waals surface area (Å²) in [5, 5.41) is 25.7. The summed E-state index contributed by atoms with van der Waals surface area (Å²) in [7, 11) is 1.57. The van der Waals surface area contributed by atoms with Crippen molar-refractivity contribution in [2.45, 2.75) is 19.6 Å². The number of hydrogen-bond donors (Lipinski definition) is 3. The number of nitrogens with one attached hydrogen (secondary N) is 3. The van der Waals surface area contributed by atoms with Crippen LogP contribution in [0.1, 0.15) is 23.9 Å². The van der Waals surface area contributed by atoms with Crippen molar-refractivity contribution in [1.82, 2.24) is 25.1 Å². The van der Waals surface area contributed by atoms with Crippen LogP contribution >= 0.6 is 11.6 Å². The lowest BCUT2D eigenvalue weighted by molar-refractivity contribution is -0.142. The first-order valence-corrected chi connectivity index (χ1v) is 10.7. The van der Waals surface area contributed by atoms with E-state index in [-0.39, 0.29) is 34.2 Å². The molecule has 1 aliphatic carbocycles. The van der Waals surface area contributed by atoms with Crippen molar-refractivity contribution >= 4 is 23.4 Å². The molecule has 0 aromatic carbocycles. The van der Waals surface area contributed by atoms with Crippen LogP contribution in [-0.2, 0) is 12.7 Å². The lowest BCUT2D eigenvalue weighted by atomic mass is 9.90. The Balaban J connectivity index is 2.07. The number of nitrogens with zero attached hydrogens (tertiary/aromatic N) is 4. The van der Waals surface area contributed by atoms with Gasteiger partial charge in [-0.2, -0.15) is 23.5 Å². The van der Waals surface area contributed by atoms with E-state index in [1.54, 1.807) is 14.0 Å². The molecule has 0 saturated heterocycles. The molecule has 0 bridgehead atoms. The van der Waals surface area contributed by atoms with Crippen molar-refractivity contribution in [3.8, 4) is 11.8 Å². The average Bonchev–Trinajstić information content (AvgIpc) is 2.82. The number of nitriles is 1. The van der Waals surface area contributed by atoms with Crippen LogP contribution in [0.4, 0.5) is 13.2 Å². The minimum atomic E-state index is -5.02. The van der Waals surface area contributed by atoms with Crippen LogP contribution in [0.25, 0.3) is 5.57 Å². The fourth-order valence-corrected chi connectivity index (χ4v) is 3.53. The number of ether oxygens (including phenoxy) is 1. The predicted molar refractivity (Wildman–Crippen MR) is 124 cm³/mol. The highest BCUT2D eigenvalue weighted by Crippen LogP contribution is 2.36. The van der Waals surface area contributed by atoms with Crippen LogP contribution in [-0.4, -0.2) is 33.0 Å². The highest BCUT2D eigenvalue weighted by molar-refractivity contribution is 6.30. The highest BCUT2D eigenvalue weighted by Gasteiger charge is 2.39. The first kappa shape index (κ1) is 26.4. The summed E-state index contributed by atoms with van der Waals surface area (Å²) in [5.41, 5.74) is -2.99. The van der Waals surface area contributed by atoms with E-state index in [9.17, 15) is 28.0 Å². The Morgan fingerprint density at radius 3 is 2.78 bits per heavy atom. The van der Waals surface area contributed by atoms with E-state index in [1.807, 2.05) is 6.07 Å². The predicted octanol–water partition coefficient (Wildman–Crippen LogP) is 2.78. The first-order valence-electron chi connectivity index (χ1n) is 10.3. The molecule has 2 heterocycles. The van der Waals surface area contributed by atoms with Crippen LogP contribution < -0.4 is 21.2 Å². The standard InChI is InChI=1S/C22H19ClF3N7O3/c1-11-12(6-27)3-15(5-17(11)23)36-18-19(22(24,25)26)30-10-33(21(18)35)9-14-4-16(20(34)32-31-14)13(7-28)8-29-2/h3-5,7-8,10-12,28-29H,9H2,1-2H3,(H,32,34)/b13-8+,28-7?/t11-,12?/m1/s1. The molecule has 10 nitrogen and oxygen atoms in total. The summed E-state index contributed by atoms with van der Waals surface area (Å²) in [6.45, 7) is 1.29. The number of halogens is 4. The fourth-order valence-electron chi connectivity index (χ4n) is 3.29. The second-order valence-electron chi connectivity index (χ2n) is 7.63. The number of rotatable bonds is 7. The Morgan fingerprint density at radius 1 is 1.44 bits per heavy atom. The van der Waals surface area contributed by atoms with Gasteiger partial charge in [-0.15, -0.1) is 0 Å². The van der Waals surface area contributed by atoms with E-state index < -0.39 is 40.6 Å². The molecule has 3 rings (SSSR count). The second kappa shape index (κ2) is 10.6. The van der Waals surface area contributed by atoms with E-state index in [0.29, 0.717) is 6.33 Å². The van der Waals surface area contributed by atoms with Crippen molar-refractivity contribution in [2.24, 2.45) is 11.8 Å². The molecule has 0 fully saturated rings. The first-order chi connectivity index (χ1) is 17.0. The maximum Gasteiger partial charge on any atom is 0.437 e. The third-order valence-corrected chi connectivity index (χ3v) is 5.64. The maximum absolute atomic E-state index is 13.6. The van der Waals surface area contributed by atoms with Crippen LogP contribution in [0.3, 0.4) is 0 Å². The molecular formula is C22H19ClF3N7O3. The Bertz CT molecular complexity index is 1430. The average molecular weight is 522 g/mol. The van der Waals surface area contributed by atoms with Gasteiger partial charge >= 0.3 is 6.18 Å². The number of alkyl halides is 3. The van der Waals surface area contributed by atoms with Crippen molar-refractivity contribution in [3.05, 3.63) is 79.2 Å². The Labute approximate surface area is 206 Å². The zero-order valence-corrected chi connectivity index (χ0v) is 19.6. The molecule has 2 aromatic heterocycles. The molecule has 2 aromatic rings. The van der Waals surface area contributed by atoms with Crippen molar-refractivity contribution < 1.29 is 17.9 Å². The topological polar surface area (TPSA) is 150 Å². The number of allylic oxidation sites excluding steroid dienone is 4. The zero-order valence-electron chi connectivity index (χ0n) is 18.9. The number of aromatic amines is 1. The van der Waals surface area contributed by atoms with Crippen LogP contribution in [0.2, 0.25) is 0 Å². The van der Waals surface area contributed by atoms with E-state index in [4.69, 9.17) is 21.7 Å². The van der Waals surface area contributed by atoms with Crippen LogP contribution in [0.5, 0.6) is 5.75 Å². The third kappa shape index (κ3) is 5.55. The van der Waals surface area contributed by atoms with Gasteiger partial charge in [-0.3, -0.25) is 14.2 Å². The van der Waals surface area contributed by atoms with Gasteiger partial charge in [0.15, 0.2) is 5.69 Å². The molecule has 1 unspecified atom stereocenters. The van der Waals surface area contributed by atoms with E-state index in [1.165, 1.54) is 24.4 Å². The normalized spacial score (nSPS) is 18.1. The largest absolute Gasteiger partial charge is 0.449 e. The van der Waals surface area contributed by atoms with Gasteiger partial charge in [-0.25, -0.2) is 10.1 Å². The van der Waals surface area contributed by atoms with Gasteiger partial charge in [-0.05, 0) is 18.2 Å². The number of H-pyrrole nitrogens is 1. The Morgan fingerprint density at radius 2 is 2.17 bits per heavy atom. The van der Waals surface area contributed by atoms with Gasteiger partial charge in [0, 0.05) is 36.0 Å². The molecule has 0 aliphatic heterocycles. The molecule has 2 atom stereocenters. The van der Waals surface area contributed by atoms with E-state index in [2.05, 4.69) is 20.5 Å². The minimum absolute atomic E-state index is 0.0533. The summed E-state index contributed by atoms with van der Waals surface area (Å²) >= 11 is 6.10. The minimum Gasteiger partial charge on any atom is -0.449 e. The van der Waals surface area contributed by atoms with Gasteiger partial charge in [0.25, 0.3) is 11.1 Å². The third-order valence-electron chi connectivity index (χ3n) is 5.19. The zero-order chi connectivity index (χ0) is 26.6. The van der Waals surface area contributed by atoms with Gasteiger partial charge in [0.05, 0.1) is 36.1 Å². The highest BCUT2D eigenvalue weighted by atomic mass is 35.5. The molecule has 3 N–H and O–H groups in total. The number of hydrogen-bond acceptors (Lipinski definition) is 8. The van der Waals surface area contributed by atoms with Gasteiger partial charge in [-0.1, -0.05) is 18.5 Å². The molecular weight excluding hydrogens is 503 g/mol. The SMILES string of the molecule is CN/C=C(\C=N)c1cc(Cn2cnc(C(F)(F)F)c(OC3=CC(C#N)[C@@H](C)C(Cl)=C3)c2=O)n[nH]c1=O. The van der Waals surface area contributed by atoms with Gasteiger partial charge < -0.3 is 15.5 Å². The summed E-state index contributed by atoms with van der Waals surface area (Å²) in [6.07, 6.45) is 0.498. The molecule has 0 saturated carbocycles. The smallest absolute Gasteiger partial charge is 0.437 e. The summed E-state index contributed by atoms with van der Waals surface area (Å²) in [6, 6.07) is 3.27. The Kier molecular flexibility index (Phi) is 7.79. The van der Waals surface area contributed by atoms with E-state index in [0.717, 1.165) is 10.8 Å². The summed E-state index contributed by atoms with van der Waals surface area (Å²) < 4.78 is 47.0. The van der Waals surface area contributed by atoms with Crippen LogP contribution in [0, 0.1) is 28.6 Å². The number of aromatic nitrogens is 4. The maximum atomic E-state index is 13.6. The molecule has 36 heavy (non-hydrogen) atoms. The second-order valence-corrected chi connectivity index (χ2v) is 8.07. The molecule has 1 aliphatic rings. The molecule has 0 spiro atoms. The van der Waals surface area contributed by atoms with Gasteiger partial charge in [0.2, 0.25) is 5.75 Å². The van der Waals surface area contributed by atoms with E-state index >= 15 is 0 Å². The van der Waals surface area contributed by atoms with Crippen molar-refractivity contribution in [2.75, 3.05) is 7.05 Å². The summed E-state index contributed by atoms with van der Waals surface area (Å²) in [5.74, 6) is -2.49. The molecule has 0 amide bonds. The lowest BCUT2D eigenvalue weighted by Gasteiger charge is -2.21. The lowest BCUT2D eigenvalue weighted by Crippen LogP contribution is -2.28. The molecule has 0 radical (unpaired) electrons. The Hall–Kier alpha value is -4.18. The molecule has 188 valence electrons. The fraction of sp³-hybridized carbons (Fsp3) is 0.273.